The summed E-state index contributed by atoms with van der Waals surface area (Å²) in [5, 5.41) is 19.8. The molecule has 1 aromatic carbocycles. The molecule has 3 rings (SSSR count). The van der Waals surface area contributed by atoms with Crippen LogP contribution in [0.1, 0.15) is 48.8 Å². The minimum Gasteiger partial charge on any atom is -0.465 e. The summed E-state index contributed by atoms with van der Waals surface area (Å²) in [5.74, 6) is 0.561. The van der Waals surface area contributed by atoms with E-state index in [0.717, 1.165) is 18.4 Å². The van der Waals surface area contributed by atoms with E-state index in [1.807, 2.05) is 18.2 Å². The molecule has 4 nitrogen and oxygen atoms in total. The first kappa shape index (κ1) is 12.5. The molecular weight excluding hydrogens is 242 g/mol. The number of carbonyl (C=O) groups is 1. The van der Waals surface area contributed by atoms with Crippen molar-refractivity contribution in [1.82, 2.24) is 4.90 Å². The van der Waals surface area contributed by atoms with Gasteiger partial charge in [0.15, 0.2) is 0 Å². The molecule has 19 heavy (non-hydrogen) atoms. The second-order valence-corrected chi connectivity index (χ2v) is 5.53. The van der Waals surface area contributed by atoms with Crippen molar-refractivity contribution in [3.63, 3.8) is 0 Å². The van der Waals surface area contributed by atoms with E-state index in [4.69, 9.17) is 0 Å². The van der Waals surface area contributed by atoms with Gasteiger partial charge in [-0.3, -0.25) is 0 Å². The van der Waals surface area contributed by atoms with Crippen LogP contribution in [-0.2, 0) is 0 Å². The summed E-state index contributed by atoms with van der Waals surface area (Å²) < 4.78 is 0. The van der Waals surface area contributed by atoms with Crippen LogP contribution in [0.5, 0.6) is 0 Å². The topological polar surface area (TPSA) is 60.8 Å². The van der Waals surface area contributed by atoms with Crippen LogP contribution in [0.4, 0.5) is 4.79 Å². The van der Waals surface area contributed by atoms with Gasteiger partial charge < -0.3 is 15.1 Å². The Morgan fingerprint density at radius 1 is 1.26 bits per heavy atom. The summed E-state index contributed by atoms with van der Waals surface area (Å²) in [6.07, 6.45) is 2.31. The van der Waals surface area contributed by atoms with E-state index >= 15 is 0 Å². The van der Waals surface area contributed by atoms with E-state index < -0.39 is 12.2 Å². The highest BCUT2D eigenvalue weighted by Crippen LogP contribution is 2.44. The van der Waals surface area contributed by atoms with E-state index in [1.54, 1.807) is 0 Å². The molecule has 4 heteroatoms. The zero-order valence-corrected chi connectivity index (χ0v) is 10.8. The molecule has 0 spiro atoms. The average molecular weight is 261 g/mol. The molecule has 1 aromatic rings. The van der Waals surface area contributed by atoms with E-state index in [9.17, 15) is 15.0 Å². The van der Waals surface area contributed by atoms with Crippen LogP contribution in [0.15, 0.2) is 24.3 Å². The van der Waals surface area contributed by atoms with Gasteiger partial charge in [0.05, 0.1) is 12.1 Å². The van der Waals surface area contributed by atoms with Gasteiger partial charge in [0.2, 0.25) is 0 Å². The van der Waals surface area contributed by atoms with Crippen molar-refractivity contribution in [2.24, 2.45) is 0 Å². The number of nitrogens with zero attached hydrogens (tertiary/aromatic N) is 1. The SMILES string of the molecule is O=C(O)N1CCCC1C(O)c1ccccc1C1CC1. The average Bonchev–Trinajstić information content (AvgIpc) is 3.14. The number of amides is 1. The Kier molecular flexibility index (Phi) is 3.19. The summed E-state index contributed by atoms with van der Waals surface area (Å²) in [7, 11) is 0. The van der Waals surface area contributed by atoms with Crippen molar-refractivity contribution < 1.29 is 15.0 Å². The van der Waals surface area contributed by atoms with E-state index in [2.05, 4.69) is 6.07 Å². The minimum absolute atomic E-state index is 0.294. The minimum atomic E-state index is -0.926. The molecule has 102 valence electrons. The zero-order chi connectivity index (χ0) is 13.4. The highest BCUT2D eigenvalue weighted by atomic mass is 16.4. The maximum atomic E-state index is 11.2. The first-order valence-corrected chi connectivity index (χ1v) is 6.95. The summed E-state index contributed by atoms with van der Waals surface area (Å²) >= 11 is 0. The monoisotopic (exact) mass is 261 g/mol. The molecule has 0 aromatic heterocycles. The summed E-state index contributed by atoms with van der Waals surface area (Å²) in [4.78, 5) is 12.6. The summed E-state index contributed by atoms with van der Waals surface area (Å²) in [5.41, 5.74) is 2.12. The summed E-state index contributed by atoms with van der Waals surface area (Å²) in [6, 6.07) is 7.63. The number of likely N-dealkylation sites (tertiary alicyclic amines) is 1. The fourth-order valence-electron chi connectivity index (χ4n) is 3.11. The van der Waals surface area contributed by atoms with Gasteiger partial charge in [0.25, 0.3) is 0 Å². The third kappa shape index (κ3) is 2.32. The Balaban J connectivity index is 1.87. The molecular formula is C15H19NO3. The molecule has 2 unspecified atom stereocenters. The predicted octanol–water partition coefficient (Wildman–Crippen LogP) is 2.74. The van der Waals surface area contributed by atoms with Gasteiger partial charge in [0.1, 0.15) is 0 Å². The first-order chi connectivity index (χ1) is 9.18. The van der Waals surface area contributed by atoms with Crippen LogP contribution in [0, 0.1) is 0 Å². The van der Waals surface area contributed by atoms with Gasteiger partial charge in [-0.25, -0.2) is 4.79 Å². The molecule has 2 atom stereocenters. The van der Waals surface area contributed by atoms with Gasteiger partial charge >= 0.3 is 6.09 Å². The van der Waals surface area contributed by atoms with Crippen molar-refractivity contribution in [2.75, 3.05) is 6.54 Å². The molecule has 2 fully saturated rings. The van der Waals surface area contributed by atoms with Crippen molar-refractivity contribution >= 4 is 6.09 Å². The Morgan fingerprint density at radius 2 is 2.00 bits per heavy atom. The van der Waals surface area contributed by atoms with Gasteiger partial charge in [-0.1, -0.05) is 24.3 Å². The molecule has 2 N–H and O–H groups in total. The number of carboxylic acid groups (broad SMARTS) is 1. The van der Waals surface area contributed by atoms with Crippen molar-refractivity contribution in [3.8, 4) is 0 Å². The van der Waals surface area contributed by atoms with E-state index in [-0.39, 0.29) is 6.04 Å². The molecule has 1 saturated heterocycles. The maximum absolute atomic E-state index is 11.2. The standard InChI is InChI=1S/C15H19NO3/c17-14(13-6-3-9-16(13)15(18)19)12-5-2-1-4-11(12)10-7-8-10/h1-2,4-5,10,13-14,17H,3,6-9H2,(H,18,19). The van der Waals surface area contributed by atoms with Crippen molar-refractivity contribution in [2.45, 2.75) is 43.7 Å². The lowest BCUT2D eigenvalue weighted by molar-refractivity contribution is 0.0672. The lowest BCUT2D eigenvalue weighted by atomic mass is 9.93. The van der Waals surface area contributed by atoms with Crippen molar-refractivity contribution in [1.29, 1.82) is 0 Å². The Bertz CT molecular complexity index is 484. The third-order valence-corrected chi connectivity index (χ3v) is 4.24. The van der Waals surface area contributed by atoms with Crippen LogP contribution < -0.4 is 0 Å². The number of aliphatic hydroxyl groups is 1. The molecule has 1 aliphatic heterocycles. The Labute approximate surface area is 112 Å². The van der Waals surface area contributed by atoms with Crippen LogP contribution in [0.2, 0.25) is 0 Å². The number of rotatable bonds is 3. The van der Waals surface area contributed by atoms with Crippen molar-refractivity contribution in [3.05, 3.63) is 35.4 Å². The molecule has 1 amide bonds. The van der Waals surface area contributed by atoms with Gasteiger partial charge in [-0.15, -0.1) is 0 Å². The van der Waals surface area contributed by atoms with Crippen LogP contribution in [0.25, 0.3) is 0 Å². The lowest BCUT2D eigenvalue weighted by Gasteiger charge is -2.27. The quantitative estimate of drug-likeness (QED) is 0.879. The lowest BCUT2D eigenvalue weighted by Crippen LogP contribution is -2.38. The zero-order valence-electron chi connectivity index (χ0n) is 10.8. The third-order valence-electron chi connectivity index (χ3n) is 4.24. The largest absolute Gasteiger partial charge is 0.465 e. The van der Waals surface area contributed by atoms with Gasteiger partial charge in [0, 0.05) is 6.54 Å². The Hall–Kier alpha value is -1.55. The van der Waals surface area contributed by atoms with Gasteiger partial charge in [-0.2, -0.15) is 0 Å². The number of benzene rings is 1. The summed E-state index contributed by atoms with van der Waals surface area (Å²) in [6.45, 7) is 0.530. The van der Waals surface area contributed by atoms with E-state index in [1.165, 1.54) is 23.3 Å². The molecule has 0 radical (unpaired) electrons. The second kappa shape index (κ2) is 4.85. The molecule has 1 heterocycles. The first-order valence-electron chi connectivity index (χ1n) is 6.95. The second-order valence-electron chi connectivity index (χ2n) is 5.53. The smallest absolute Gasteiger partial charge is 0.407 e. The van der Waals surface area contributed by atoms with Crippen LogP contribution in [-0.4, -0.2) is 33.8 Å². The normalized spacial score (nSPS) is 24.5. The molecule has 0 bridgehead atoms. The Morgan fingerprint density at radius 3 is 2.68 bits per heavy atom. The highest BCUT2D eigenvalue weighted by molar-refractivity contribution is 5.66. The van der Waals surface area contributed by atoms with E-state index in [0.29, 0.717) is 12.5 Å². The highest BCUT2D eigenvalue weighted by Gasteiger charge is 2.37. The van der Waals surface area contributed by atoms with Gasteiger partial charge in [-0.05, 0) is 42.7 Å². The van der Waals surface area contributed by atoms with Crippen LogP contribution >= 0.6 is 0 Å². The maximum Gasteiger partial charge on any atom is 0.407 e. The number of aliphatic hydroxyl groups excluding tert-OH is 1. The fourth-order valence-corrected chi connectivity index (χ4v) is 3.11. The number of hydrogen-bond acceptors (Lipinski definition) is 2. The molecule has 2 aliphatic rings. The predicted molar refractivity (Wildman–Crippen MR) is 71.1 cm³/mol. The molecule has 1 saturated carbocycles. The molecule has 1 aliphatic carbocycles. The fraction of sp³-hybridized carbons (Fsp3) is 0.533. The number of hydrogen-bond donors (Lipinski definition) is 2. The van der Waals surface area contributed by atoms with Crippen LogP contribution in [0.3, 0.4) is 0 Å².